The Morgan fingerprint density at radius 2 is 1.81 bits per heavy atom. The van der Waals surface area contributed by atoms with E-state index < -0.39 is 28.2 Å². The van der Waals surface area contributed by atoms with Crippen LogP contribution in [0.25, 0.3) is 0 Å². The van der Waals surface area contributed by atoms with Crippen LogP contribution >= 0.6 is 0 Å². The van der Waals surface area contributed by atoms with Gasteiger partial charge in [-0.1, -0.05) is 6.07 Å². The van der Waals surface area contributed by atoms with E-state index in [1.54, 1.807) is 0 Å². The van der Waals surface area contributed by atoms with Gasteiger partial charge in [-0.05, 0) is 68.2 Å². The predicted molar refractivity (Wildman–Crippen MR) is 110 cm³/mol. The Morgan fingerprint density at radius 3 is 2.41 bits per heavy atom. The largest absolute Gasteiger partial charge is 0.416 e. The van der Waals surface area contributed by atoms with E-state index in [0.29, 0.717) is 24.9 Å². The van der Waals surface area contributed by atoms with Crippen molar-refractivity contribution in [2.24, 2.45) is 17.6 Å². The van der Waals surface area contributed by atoms with Gasteiger partial charge < -0.3 is 16.8 Å². The van der Waals surface area contributed by atoms with Crippen LogP contribution in [0.2, 0.25) is 0 Å². The maximum absolute atomic E-state index is 13.3. The number of nitrogens with one attached hydrogen (secondary N) is 1. The summed E-state index contributed by atoms with van der Waals surface area (Å²) in [6.07, 6.45) is -0.912. The van der Waals surface area contributed by atoms with E-state index in [9.17, 15) is 27.7 Å². The number of nitrogen functional groups attached to an aromatic ring is 1. The quantitative estimate of drug-likeness (QED) is 0.325. The number of nitrogens with two attached hydrogens (primary N) is 2. The molecule has 1 aromatic heterocycles. The van der Waals surface area contributed by atoms with E-state index in [4.69, 9.17) is 11.5 Å². The third-order valence-electron chi connectivity index (χ3n) is 5.76. The number of alkyl halides is 3. The molecule has 1 saturated carbocycles. The van der Waals surface area contributed by atoms with Crippen LogP contribution in [0.5, 0.6) is 0 Å². The SMILES string of the molecule is NCC1CCC(Cc2nc(NCc3ccc(F)cc3C(F)(F)F)nc(N)c2[N+](=O)[O-])CC1. The van der Waals surface area contributed by atoms with E-state index in [1.807, 2.05) is 0 Å². The molecule has 12 heteroatoms. The van der Waals surface area contributed by atoms with Crippen molar-refractivity contribution < 1.29 is 22.5 Å². The molecule has 0 aliphatic heterocycles. The lowest BCUT2D eigenvalue weighted by Gasteiger charge is -2.27. The minimum absolute atomic E-state index is 0.129. The molecule has 1 fully saturated rings. The number of hydrogen-bond acceptors (Lipinski definition) is 7. The standard InChI is InChI=1S/C20H24F4N6O2/c21-14-6-5-13(15(8-14)20(22,23)24)10-27-19-28-16(17(30(31)32)18(26)29-19)7-11-1-3-12(9-25)4-2-11/h5-6,8,11-12H,1-4,7,9-10,25H2,(H3,26,27,28,29). The van der Waals surface area contributed by atoms with E-state index in [1.165, 1.54) is 0 Å². The van der Waals surface area contributed by atoms with Gasteiger partial charge in [-0.2, -0.15) is 18.2 Å². The molecule has 1 aliphatic carbocycles. The van der Waals surface area contributed by atoms with Crippen molar-refractivity contribution in [3.8, 4) is 0 Å². The van der Waals surface area contributed by atoms with E-state index in [-0.39, 0.29) is 35.5 Å². The van der Waals surface area contributed by atoms with E-state index in [0.717, 1.165) is 37.8 Å². The van der Waals surface area contributed by atoms with Crippen molar-refractivity contribution in [3.05, 3.63) is 51.0 Å². The Bertz CT molecular complexity index is 977. The molecule has 0 radical (unpaired) electrons. The van der Waals surface area contributed by atoms with Crippen molar-refractivity contribution in [1.82, 2.24) is 9.97 Å². The van der Waals surface area contributed by atoms with E-state index >= 15 is 0 Å². The summed E-state index contributed by atoms with van der Waals surface area (Å²) >= 11 is 0. The molecule has 0 unspecified atom stereocenters. The minimum Gasteiger partial charge on any atom is -0.378 e. The monoisotopic (exact) mass is 456 g/mol. The second kappa shape index (κ2) is 9.63. The third kappa shape index (κ3) is 5.61. The summed E-state index contributed by atoms with van der Waals surface area (Å²) in [6, 6.07) is 2.34. The number of halogens is 4. The Labute approximate surface area is 181 Å². The molecule has 0 saturated heterocycles. The van der Waals surface area contributed by atoms with Crippen LogP contribution in [0.1, 0.15) is 42.5 Å². The normalized spacial score (nSPS) is 19.0. The fourth-order valence-corrected chi connectivity index (χ4v) is 4.03. The van der Waals surface area contributed by atoms with Crippen molar-refractivity contribution in [2.75, 3.05) is 17.6 Å². The van der Waals surface area contributed by atoms with Gasteiger partial charge in [0.1, 0.15) is 11.5 Å². The molecule has 0 amide bonds. The summed E-state index contributed by atoms with van der Waals surface area (Å²) < 4.78 is 52.9. The molecule has 0 spiro atoms. The fourth-order valence-electron chi connectivity index (χ4n) is 4.03. The minimum atomic E-state index is -4.75. The van der Waals surface area contributed by atoms with Gasteiger partial charge in [0.15, 0.2) is 0 Å². The molecule has 2 aromatic rings. The molecular weight excluding hydrogens is 432 g/mol. The maximum atomic E-state index is 13.3. The molecule has 3 rings (SSSR count). The fraction of sp³-hybridized carbons (Fsp3) is 0.500. The van der Waals surface area contributed by atoms with Crippen LogP contribution < -0.4 is 16.8 Å². The molecule has 5 N–H and O–H groups in total. The smallest absolute Gasteiger partial charge is 0.378 e. The topological polar surface area (TPSA) is 133 Å². The van der Waals surface area contributed by atoms with Crippen LogP contribution in [0, 0.1) is 27.8 Å². The van der Waals surface area contributed by atoms with Gasteiger partial charge in [0, 0.05) is 6.54 Å². The lowest BCUT2D eigenvalue weighted by molar-refractivity contribution is -0.385. The first-order valence-electron chi connectivity index (χ1n) is 10.2. The van der Waals surface area contributed by atoms with Crippen LogP contribution in [0.3, 0.4) is 0 Å². The molecule has 32 heavy (non-hydrogen) atoms. The lowest BCUT2D eigenvalue weighted by Crippen LogP contribution is -2.23. The number of anilines is 2. The van der Waals surface area contributed by atoms with Gasteiger partial charge >= 0.3 is 11.9 Å². The number of benzene rings is 1. The summed E-state index contributed by atoms with van der Waals surface area (Å²) in [7, 11) is 0. The molecule has 1 heterocycles. The highest BCUT2D eigenvalue weighted by Gasteiger charge is 2.34. The summed E-state index contributed by atoms with van der Waals surface area (Å²) in [5.74, 6) is -0.909. The van der Waals surface area contributed by atoms with Crippen LogP contribution in [0.15, 0.2) is 18.2 Å². The van der Waals surface area contributed by atoms with Gasteiger partial charge in [0.25, 0.3) is 0 Å². The van der Waals surface area contributed by atoms with Crippen LogP contribution in [-0.2, 0) is 19.1 Å². The average molecular weight is 456 g/mol. The lowest BCUT2D eigenvalue weighted by atomic mass is 9.80. The van der Waals surface area contributed by atoms with Gasteiger partial charge in [-0.15, -0.1) is 0 Å². The van der Waals surface area contributed by atoms with Crippen molar-refractivity contribution >= 4 is 17.5 Å². The molecule has 0 atom stereocenters. The third-order valence-corrected chi connectivity index (χ3v) is 5.76. The zero-order valence-electron chi connectivity index (χ0n) is 17.2. The van der Waals surface area contributed by atoms with Gasteiger partial charge in [-0.25, -0.2) is 9.37 Å². The highest BCUT2D eigenvalue weighted by Crippen LogP contribution is 2.35. The predicted octanol–water partition coefficient (Wildman–Crippen LogP) is 4.04. The molecule has 8 nitrogen and oxygen atoms in total. The Balaban J connectivity index is 1.82. The number of rotatable bonds is 7. The number of hydrogen-bond donors (Lipinski definition) is 3. The molecular formula is C20H24F4N6O2. The average Bonchev–Trinajstić information content (AvgIpc) is 2.72. The highest BCUT2D eigenvalue weighted by atomic mass is 19.4. The summed E-state index contributed by atoms with van der Waals surface area (Å²) in [5, 5.41) is 14.1. The highest BCUT2D eigenvalue weighted by molar-refractivity contribution is 5.58. The second-order valence-electron chi connectivity index (χ2n) is 7.96. The Hall–Kier alpha value is -3.02. The van der Waals surface area contributed by atoms with Gasteiger partial charge in [0.2, 0.25) is 11.8 Å². The Morgan fingerprint density at radius 1 is 1.16 bits per heavy atom. The van der Waals surface area contributed by atoms with Crippen LogP contribution in [0.4, 0.5) is 35.0 Å². The first-order valence-corrected chi connectivity index (χ1v) is 10.2. The van der Waals surface area contributed by atoms with E-state index in [2.05, 4.69) is 15.3 Å². The molecule has 1 aromatic carbocycles. The number of nitro groups is 1. The maximum Gasteiger partial charge on any atom is 0.416 e. The van der Waals surface area contributed by atoms with Gasteiger partial charge in [0.05, 0.1) is 10.5 Å². The molecule has 1 aliphatic rings. The number of aromatic nitrogens is 2. The first kappa shape index (κ1) is 23.6. The van der Waals surface area contributed by atoms with Gasteiger partial charge in [-0.3, -0.25) is 10.1 Å². The summed E-state index contributed by atoms with van der Waals surface area (Å²) in [6.45, 7) is 0.234. The first-order chi connectivity index (χ1) is 15.1. The summed E-state index contributed by atoms with van der Waals surface area (Å²) in [4.78, 5) is 18.9. The Kier molecular flexibility index (Phi) is 7.12. The number of nitrogens with zero attached hydrogens (tertiary/aromatic N) is 3. The zero-order chi connectivity index (χ0) is 23.5. The van der Waals surface area contributed by atoms with Crippen LogP contribution in [-0.4, -0.2) is 21.4 Å². The van der Waals surface area contributed by atoms with Crippen molar-refractivity contribution in [2.45, 2.75) is 44.8 Å². The molecule has 174 valence electrons. The van der Waals surface area contributed by atoms with Crippen molar-refractivity contribution in [3.63, 3.8) is 0 Å². The second-order valence-corrected chi connectivity index (χ2v) is 7.96. The van der Waals surface area contributed by atoms with Crippen molar-refractivity contribution in [1.29, 1.82) is 0 Å². The molecule has 0 bridgehead atoms. The zero-order valence-corrected chi connectivity index (χ0v) is 17.2. The summed E-state index contributed by atoms with van der Waals surface area (Å²) in [5.41, 5.74) is 9.88.